The molecule has 0 aliphatic rings. The molecule has 112 valence electrons. The van der Waals surface area contributed by atoms with E-state index in [0.717, 1.165) is 6.54 Å². The minimum absolute atomic E-state index is 0.0584. The van der Waals surface area contributed by atoms with E-state index < -0.39 is 0 Å². The average molecular weight is 282 g/mol. The second-order valence-corrected chi connectivity index (χ2v) is 4.75. The number of amides is 1. The molecule has 1 rings (SSSR count). The third-order valence-electron chi connectivity index (χ3n) is 3.02. The molecule has 0 saturated heterocycles. The maximum Gasteiger partial charge on any atom is 0.226 e. The fourth-order valence-electron chi connectivity index (χ4n) is 1.79. The SMILES string of the molecule is CCNCC(C)C(=O)N(C)CCOc1ccccc1F. The van der Waals surface area contributed by atoms with Crippen molar-refractivity contribution in [2.75, 3.05) is 33.3 Å². The predicted molar refractivity (Wildman–Crippen MR) is 77.2 cm³/mol. The molecule has 1 atom stereocenters. The maximum absolute atomic E-state index is 13.3. The van der Waals surface area contributed by atoms with Gasteiger partial charge >= 0.3 is 0 Å². The van der Waals surface area contributed by atoms with E-state index in [2.05, 4.69) is 5.32 Å². The Kier molecular flexibility index (Phi) is 7.01. The van der Waals surface area contributed by atoms with Crippen LogP contribution in [-0.4, -0.2) is 44.1 Å². The Morgan fingerprint density at radius 3 is 2.80 bits per heavy atom. The normalized spacial score (nSPS) is 12.0. The Morgan fingerprint density at radius 1 is 1.45 bits per heavy atom. The molecule has 0 aliphatic carbocycles. The summed E-state index contributed by atoms with van der Waals surface area (Å²) in [5, 5.41) is 3.14. The van der Waals surface area contributed by atoms with E-state index >= 15 is 0 Å². The molecule has 0 aromatic heterocycles. The number of carbonyl (C=O) groups excluding carboxylic acids is 1. The first kappa shape index (κ1) is 16.4. The molecule has 1 N–H and O–H groups in total. The summed E-state index contributed by atoms with van der Waals surface area (Å²) in [6, 6.07) is 6.25. The van der Waals surface area contributed by atoms with E-state index in [1.54, 1.807) is 30.1 Å². The number of ether oxygens (including phenoxy) is 1. The van der Waals surface area contributed by atoms with Crippen LogP contribution < -0.4 is 10.1 Å². The van der Waals surface area contributed by atoms with Gasteiger partial charge in [-0.25, -0.2) is 4.39 Å². The van der Waals surface area contributed by atoms with E-state index in [-0.39, 0.29) is 30.0 Å². The molecule has 0 aliphatic heterocycles. The van der Waals surface area contributed by atoms with Gasteiger partial charge in [-0.1, -0.05) is 26.0 Å². The molecule has 1 aromatic carbocycles. The molecule has 0 heterocycles. The molecular weight excluding hydrogens is 259 g/mol. The summed E-state index contributed by atoms with van der Waals surface area (Å²) in [4.78, 5) is 13.6. The predicted octanol–water partition coefficient (Wildman–Crippen LogP) is 1.91. The van der Waals surface area contributed by atoms with Gasteiger partial charge in [-0.3, -0.25) is 4.79 Å². The van der Waals surface area contributed by atoms with E-state index in [9.17, 15) is 9.18 Å². The van der Waals surface area contributed by atoms with E-state index in [1.165, 1.54) is 6.07 Å². The Hall–Kier alpha value is -1.62. The van der Waals surface area contributed by atoms with Crippen LogP contribution >= 0.6 is 0 Å². The fraction of sp³-hybridized carbons (Fsp3) is 0.533. The Morgan fingerprint density at radius 2 is 2.15 bits per heavy atom. The van der Waals surface area contributed by atoms with Gasteiger partial charge in [0, 0.05) is 19.5 Å². The van der Waals surface area contributed by atoms with Gasteiger partial charge in [0.2, 0.25) is 5.91 Å². The average Bonchev–Trinajstić information content (AvgIpc) is 2.45. The van der Waals surface area contributed by atoms with Crippen LogP contribution in [0.25, 0.3) is 0 Å². The van der Waals surface area contributed by atoms with E-state index in [0.29, 0.717) is 13.1 Å². The highest BCUT2D eigenvalue weighted by Gasteiger charge is 2.16. The lowest BCUT2D eigenvalue weighted by molar-refractivity contribution is -0.133. The van der Waals surface area contributed by atoms with Crippen LogP contribution in [0.2, 0.25) is 0 Å². The van der Waals surface area contributed by atoms with Gasteiger partial charge in [0.1, 0.15) is 6.61 Å². The second-order valence-electron chi connectivity index (χ2n) is 4.75. The number of hydrogen-bond donors (Lipinski definition) is 1. The molecule has 1 unspecified atom stereocenters. The van der Waals surface area contributed by atoms with Crippen molar-refractivity contribution in [1.82, 2.24) is 10.2 Å². The molecule has 0 bridgehead atoms. The topological polar surface area (TPSA) is 41.6 Å². The van der Waals surface area contributed by atoms with Crippen molar-refractivity contribution in [2.45, 2.75) is 13.8 Å². The lowest BCUT2D eigenvalue weighted by atomic mass is 10.1. The summed E-state index contributed by atoms with van der Waals surface area (Å²) in [6.45, 7) is 6.11. The van der Waals surface area contributed by atoms with Crippen LogP contribution in [-0.2, 0) is 4.79 Å². The molecular formula is C15H23FN2O2. The Bertz CT molecular complexity index is 426. The van der Waals surface area contributed by atoms with Crippen LogP contribution in [0, 0.1) is 11.7 Å². The summed E-state index contributed by atoms with van der Waals surface area (Å²) >= 11 is 0. The van der Waals surface area contributed by atoms with Gasteiger partial charge in [-0.05, 0) is 18.7 Å². The molecule has 0 saturated carbocycles. The van der Waals surface area contributed by atoms with Gasteiger partial charge in [0.05, 0.1) is 6.54 Å². The zero-order chi connectivity index (χ0) is 15.0. The zero-order valence-corrected chi connectivity index (χ0v) is 12.4. The third-order valence-corrected chi connectivity index (χ3v) is 3.02. The number of halogens is 1. The number of carbonyl (C=O) groups is 1. The number of para-hydroxylation sites is 1. The van der Waals surface area contributed by atoms with Crippen molar-refractivity contribution in [3.05, 3.63) is 30.1 Å². The highest BCUT2D eigenvalue weighted by molar-refractivity contribution is 5.78. The van der Waals surface area contributed by atoms with Crippen LogP contribution in [0.4, 0.5) is 4.39 Å². The molecule has 5 heteroatoms. The minimum Gasteiger partial charge on any atom is -0.489 e. The number of rotatable bonds is 8. The maximum atomic E-state index is 13.3. The summed E-state index contributed by atoms with van der Waals surface area (Å²) in [5.74, 6) is -0.187. The van der Waals surface area contributed by atoms with Crippen molar-refractivity contribution >= 4 is 5.91 Å². The molecule has 0 fully saturated rings. The molecule has 20 heavy (non-hydrogen) atoms. The van der Waals surface area contributed by atoms with Gasteiger partial charge in [0.25, 0.3) is 0 Å². The first-order valence-corrected chi connectivity index (χ1v) is 6.89. The Labute approximate surface area is 119 Å². The number of hydrogen-bond acceptors (Lipinski definition) is 3. The van der Waals surface area contributed by atoms with Crippen molar-refractivity contribution < 1.29 is 13.9 Å². The van der Waals surface area contributed by atoms with Crippen molar-refractivity contribution in [3.63, 3.8) is 0 Å². The first-order chi connectivity index (χ1) is 9.56. The van der Waals surface area contributed by atoms with Gasteiger partial charge in [-0.2, -0.15) is 0 Å². The van der Waals surface area contributed by atoms with E-state index in [4.69, 9.17) is 4.74 Å². The molecule has 4 nitrogen and oxygen atoms in total. The van der Waals surface area contributed by atoms with Crippen LogP contribution in [0.5, 0.6) is 5.75 Å². The standard InChI is InChI=1S/C15H23FN2O2/c1-4-17-11-12(2)15(19)18(3)9-10-20-14-8-6-5-7-13(14)16/h5-8,12,17H,4,9-11H2,1-3H3. The summed E-state index contributed by atoms with van der Waals surface area (Å²) < 4.78 is 18.7. The van der Waals surface area contributed by atoms with Crippen molar-refractivity contribution in [3.8, 4) is 5.75 Å². The first-order valence-electron chi connectivity index (χ1n) is 6.89. The van der Waals surface area contributed by atoms with Crippen molar-refractivity contribution in [2.24, 2.45) is 5.92 Å². The Balaban J connectivity index is 2.34. The zero-order valence-electron chi connectivity index (χ0n) is 12.4. The van der Waals surface area contributed by atoms with E-state index in [1.807, 2.05) is 13.8 Å². The largest absolute Gasteiger partial charge is 0.489 e. The lowest BCUT2D eigenvalue weighted by Crippen LogP contribution is -2.38. The highest BCUT2D eigenvalue weighted by atomic mass is 19.1. The van der Waals surface area contributed by atoms with Crippen molar-refractivity contribution in [1.29, 1.82) is 0 Å². The molecule has 0 spiro atoms. The summed E-state index contributed by atoms with van der Waals surface area (Å²) in [7, 11) is 1.73. The lowest BCUT2D eigenvalue weighted by Gasteiger charge is -2.21. The van der Waals surface area contributed by atoms with Gasteiger partial charge < -0.3 is 15.0 Å². The van der Waals surface area contributed by atoms with Gasteiger partial charge in [0.15, 0.2) is 11.6 Å². The summed E-state index contributed by atoms with van der Waals surface area (Å²) in [5.41, 5.74) is 0. The highest BCUT2D eigenvalue weighted by Crippen LogP contribution is 2.15. The number of nitrogens with zero attached hydrogens (tertiary/aromatic N) is 1. The fourth-order valence-corrected chi connectivity index (χ4v) is 1.79. The molecule has 1 aromatic rings. The molecule has 1 amide bonds. The van der Waals surface area contributed by atoms with Crippen LogP contribution in [0.1, 0.15) is 13.8 Å². The quantitative estimate of drug-likeness (QED) is 0.792. The number of benzene rings is 1. The monoisotopic (exact) mass is 282 g/mol. The third kappa shape index (κ3) is 5.17. The second kappa shape index (κ2) is 8.53. The number of nitrogens with one attached hydrogen (secondary N) is 1. The number of likely N-dealkylation sites (N-methyl/N-ethyl adjacent to an activating group) is 1. The van der Waals surface area contributed by atoms with Crippen LogP contribution in [0.3, 0.4) is 0 Å². The van der Waals surface area contributed by atoms with Gasteiger partial charge in [-0.15, -0.1) is 0 Å². The molecule has 0 radical (unpaired) electrons. The summed E-state index contributed by atoms with van der Waals surface area (Å²) in [6.07, 6.45) is 0. The minimum atomic E-state index is -0.387. The van der Waals surface area contributed by atoms with Crippen LogP contribution in [0.15, 0.2) is 24.3 Å². The smallest absolute Gasteiger partial charge is 0.226 e.